The van der Waals surface area contributed by atoms with Gasteiger partial charge in [-0.1, -0.05) is 18.2 Å². The number of nitrogens with zero attached hydrogens (tertiary/aromatic N) is 4. The van der Waals surface area contributed by atoms with Crippen LogP contribution in [0.25, 0.3) is 11.3 Å². The minimum Gasteiger partial charge on any atom is -0.345 e. The molecule has 0 saturated carbocycles. The third-order valence-corrected chi connectivity index (χ3v) is 4.40. The summed E-state index contributed by atoms with van der Waals surface area (Å²) in [5.74, 6) is -0.447. The van der Waals surface area contributed by atoms with Crippen LogP contribution in [0, 0.1) is 0 Å². The van der Waals surface area contributed by atoms with Crippen molar-refractivity contribution in [2.24, 2.45) is 0 Å². The fraction of sp³-hybridized carbons (Fsp3) is 0.100. The molecule has 0 aliphatic heterocycles. The summed E-state index contributed by atoms with van der Waals surface area (Å²) in [6, 6.07) is 12.7. The van der Waals surface area contributed by atoms with Crippen molar-refractivity contribution in [3.8, 4) is 5.69 Å². The molecule has 0 fully saturated rings. The average molecular weight is 359 g/mol. The van der Waals surface area contributed by atoms with Crippen LogP contribution in [0.2, 0.25) is 0 Å². The first-order chi connectivity index (χ1) is 13.1. The second-order valence-electron chi connectivity index (χ2n) is 6.16. The molecule has 1 N–H and O–H groups in total. The molecule has 0 radical (unpaired) electrons. The smallest absolute Gasteiger partial charge is 0.270 e. The monoisotopic (exact) mass is 359 g/mol. The number of nitrogens with one attached hydrogen (secondary N) is 1. The minimum absolute atomic E-state index is 0.0144. The van der Waals surface area contributed by atoms with Gasteiger partial charge in [-0.15, -0.1) is 0 Å². The van der Waals surface area contributed by atoms with Crippen LogP contribution in [0.3, 0.4) is 0 Å². The molecular weight excluding hydrogens is 342 g/mol. The predicted octanol–water partition coefficient (Wildman–Crippen LogP) is 2.37. The van der Waals surface area contributed by atoms with Gasteiger partial charge < -0.3 is 9.88 Å². The van der Waals surface area contributed by atoms with Crippen molar-refractivity contribution in [2.75, 3.05) is 0 Å². The molecule has 134 valence electrons. The lowest BCUT2D eigenvalue weighted by Crippen LogP contribution is -2.33. The SMILES string of the molecule is C[C@@H](NC(=O)c1cnc2ccccn2c1=O)c1ccc(-n2ccnc2)cc1. The highest BCUT2D eigenvalue weighted by Crippen LogP contribution is 2.16. The molecule has 0 aliphatic rings. The van der Waals surface area contributed by atoms with E-state index in [9.17, 15) is 9.59 Å². The number of hydrogen-bond acceptors (Lipinski definition) is 4. The molecule has 0 aliphatic carbocycles. The number of hydrogen-bond donors (Lipinski definition) is 1. The summed E-state index contributed by atoms with van der Waals surface area (Å²) >= 11 is 0. The molecule has 3 aromatic heterocycles. The van der Waals surface area contributed by atoms with Crippen molar-refractivity contribution in [1.29, 1.82) is 0 Å². The number of pyridine rings is 1. The van der Waals surface area contributed by atoms with Crippen LogP contribution in [0.1, 0.15) is 28.9 Å². The van der Waals surface area contributed by atoms with E-state index in [-0.39, 0.29) is 17.2 Å². The Morgan fingerprint density at radius 1 is 1.11 bits per heavy atom. The number of amides is 1. The molecule has 0 unspecified atom stereocenters. The Kier molecular flexibility index (Phi) is 4.25. The van der Waals surface area contributed by atoms with Crippen LogP contribution in [0.15, 0.2) is 78.4 Å². The van der Waals surface area contributed by atoms with Gasteiger partial charge in [0.2, 0.25) is 0 Å². The van der Waals surface area contributed by atoms with E-state index in [1.165, 1.54) is 10.6 Å². The van der Waals surface area contributed by atoms with Crippen molar-refractivity contribution in [3.63, 3.8) is 0 Å². The molecule has 0 bridgehead atoms. The summed E-state index contributed by atoms with van der Waals surface area (Å²) in [4.78, 5) is 33.3. The minimum atomic E-state index is -0.447. The van der Waals surface area contributed by atoms with Crippen molar-refractivity contribution in [1.82, 2.24) is 24.3 Å². The highest BCUT2D eigenvalue weighted by Gasteiger charge is 2.16. The van der Waals surface area contributed by atoms with Crippen molar-refractivity contribution in [3.05, 3.63) is 95.1 Å². The molecule has 4 aromatic rings. The van der Waals surface area contributed by atoms with E-state index >= 15 is 0 Å². The van der Waals surface area contributed by atoms with Gasteiger partial charge >= 0.3 is 0 Å². The maximum absolute atomic E-state index is 12.6. The molecule has 3 heterocycles. The Hall–Kier alpha value is -3.74. The Bertz CT molecular complexity index is 1150. The van der Waals surface area contributed by atoms with Gasteiger partial charge in [-0.25, -0.2) is 9.97 Å². The summed E-state index contributed by atoms with van der Waals surface area (Å²) in [5, 5.41) is 2.86. The molecule has 7 heteroatoms. The first-order valence-electron chi connectivity index (χ1n) is 8.49. The molecule has 1 amide bonds. The third-order valence-electron chi connectivity index (χ3n) is 4.40. The Labute approximate surface area is 155 Å². The highest BCUT2D eigenvalue weighted by molar-refractivity contribution is 5.94. The van der Waals surface area contributed by atoms with E-state index in [1.54, 1.807) is 36.9 Å². The van der Waals surface area contributed by atoms with E-state index in [2.05, 4.69) is 15.3 Å². The standard InChI is InChI=1S/C20H17N5O2/c1-14(15-5-7-16(8-6-15)24-11-9-21-13-24)23-19(26)17-12-22-18-4-2-3-10-25(18)20(17)27/h2-14H,1H3,(H,23,26)/t14-/m1/s1. The van der Waals surface area contributed by atoms with Gasteiger partial charge in [0.1, 0.15) is 11.2 Å². The predicted molar refractivity (Wildman–Crippen MR) is 101 cm³/mol. The number of benzene rings is 1. The van der Waals surface area contributed by atoms with Crippen LogP contribution in [0.4, 0.5) is 0 Å². The second kappa shape index (κ2) is 6.87. The quantitative estimate of drug-likeness (QED) is 0.607. The van der Waals surface area contributed by atoms with E-state index in [0.29, 0.717) is 5.65 Å². The fourth-order valence-corrected chi connectivity index (χ4v) is 2.89. The highest BCUT2D eigenvalue weighted by atomic mass is 16.2. The molecule has 1 atom stereocenters. The lowest BCUT2D eigenvalue weighted by atomic mass is 10.1. The maximum Gasteiger partial charge on any atom is 0.270 e. The van der Waals surface area contributed by atoms with Crippen LogP contribution in [-0.2, 0) is 0 Å². The summed E-state index contributed by atoms with van der Waals surface area (Å²) in [6.07, 6.45) is 8.22. The zero-order valence-corrected chi connectivity index (χ0v) is 14.6. The van der Waals surface area contributed by atoms with Crippen molar-refractivity contribution >= 4 is 11.6 Å². The zero-order valence-electron chi connectivity index (χ0n) is 14.6. The lowest BCUT2D eigenvalue weighted by Gasteiger charge is -2.15. The number of aromatic nitrogens is 4. The molecule has 4 rings (SSSR count). The topological polar surface area (TPSA) is 81.3 Å². The van der Waals surface area contributed by atoms with Crippen molar-refractivity contribution in [2.45, 2.75) is 13.0 Å². The van der Waals surface area contributed by atoms with E-state index < -0.39 is 5.91 Å². The number of rotatable bonds is 4. The van der Waals surface area contributed by atoms with Gasteiger partial charge in [0.25, 0.3) is 11.5 Å². The normalized spacial score (nSPS) is 12.0. The molecule has 0 spiro atoms. The summed E-state index contributed by atoms with van der Waals surface area (Å²) in [7, 11) is 0. The molecule has 0 saturated heterocycles. The van der Waals surface area contributed by atoms with Gasteiger partial charge in [-0.3, -0.25) is 14.0 Å². The third kappa shape index (κ3) is 3.22. The van der Waals surface area contributed by atoms with Gasteiger partial charge in [0.05, 0.1) is 12.4 Å². The first-order valence-corrected chi connectivity index (χ1v) is 8.49. The lowest BCUT2D eigenvalue weighted by molar-refractivity contribution is 0.0938. The zero-order chi connectivity index (χ0) is 18.8. The van der Waals surface area contributed by atoms with Crippen LogP contribution in [-0.4, -0.2) is 24.8 Å². The average Bonchev–Trinajstić information content (AvgIpc) is 3.23. The van der Waals surface area contributed by atoms with Crippen LogP contribution in [0.5, 0.6) is 0 Å². The summed E-state index contributed by atoms with van der Waals surface area (Å²) in [5.41, 5.74) is 2.04. The van der Waals surface area contributed by atoms with Crippen LogP contribution < -0.4 is 10.9 Å². The van der Waals surface area contributed by atoms with Gasteiger partial charge in [-0.05, 0) is 36.8 Å². The summed E-state index contributed by atoms with van der Waals surface area (Å²) in [6.45, 7) is 1.87. The van der Waals surface area contributed by atoms with Crippen molar-refractivity contribution < 1.29 is 4.79 Å². The largest absolute Gasteiger partial charge is 0.345 e. The number of imidazole rings is 1. The Morgan fingerprint density at radius 3 is 2.67 bits per heavy atom. The molecule has 7 nitrogen and oxygen atoms in total. The molecular formula is C20H17N5O2. The number of carbonyl (C=O) groups excluding carboxylic acids is 1. The first kappa shape index (κ1) is 16.7. The van der Waals surface area contributed by atoms with Gasteiger partial charge in [0.15, 0.2) is 0 Å². The van der Waals surface area contributed by atoms with E-state index in [4.69, 9.17) is 0 Å². The number of carbonyl (C=O) groups is 1. The van der Waals surface area contributed by atoms with Gasteiger partial charge in [-0.2, -0.15) is 0 Å². The molecule has 1 aromatic carbocycles. The second-order valence-corrected chi connectivity index (χ2v) is 6.16. The van der Waals surface area contributed by atoms with E-state index in [0.717, 1.165) is 11.3 Å². The Morgan fingerprint density at radius 2 is 1.93 bits per heavy atom. The Balaban J connectivity index is 1.54. The van der Waals surface area contributed by atoms with Gasteiger partial charge in [0, 0.05) is 30.5 Å². The maximum atomic E-state index is 12.6. The van der Waals surface area contributed by atoms with E-state index in [1.807, 2.05) is 42.0 Å². The number of fused-ring (bicyclic) bond motifs is 1. The summed E-state index contributed by atoms with van der Waals surface area (Å²) < 4.78 is 3.26. The van der Waals surface area contributed by atoms with Crippen LogP contribution >= 0.6 is 0 Å². The molecule has 27 heavy (non-hydrogen) atoms. The fourth-order valence-electron chi connectivity index (χ4n) is 2.89.